The molecule has 0 saturated carbocycles. The predicted molar refractivity (Wildman–Crippen MR) is 88.6 cm³/mol. The summed E-state index contributed by atoms with van der Waals surface area (Å²) in [4.78, 5) is 16.4. The van der Waals surface area contributed by atoms with Gasteiger partial charge in [-0.25, -0.2) is 4.98 Å². The molecule has 0 aliphatic carbocycles. The van der Waals surface area contributed by atoms with Crippen LogP contribution in [0.2, 0.25) is 0 Å². The largest absolute Gasteiger partial charge is 0.480 e. The van der Waals surface area contributed by atoms with Gasteiger partial charge in [-0.15, -0.1) is 0 Å². The van der Waals surface area contributed by atoms with E-state index in [0.717, 1.165) is 5.56 Å². The van der Waals surface area contributed by atoms with Crippen LogP contribution in [0.15, 0.2) is 48.7 Å². The lowest BCUT2D eigenvalue weighted by molar-refractivity contribution is 0.0942. The average molecular weight is 314 g/mol. The first-order chi connectivity index (χ1) is 11.1. The second kappa shape index (κ2) is 8.29. The summed E-state index contributed by atoms with van der Waals surface area (Å²) in [6.07, 6.45) is 1.72. The van der Waals surface area contributed by atoms with Crippen LogP contribution in [0.3, 0.4) is 0 Å². The molecule has 1 aromatic carbocycles. The molecule has 0 radical (unpaired) electrons. The van der Waals surface area contributed by atoms with Crippen molar-refractivity contribution in [3.63, 3.8) is 0 Å². The number of aliphatic hydroxyl groups excluding tert-OH is 1. The highest BCUT2D eigenvalue weighted by Gasteiger charge is 2.18. The van der Waals surface area contributed by atoms with E-state index in [9.17, 15) is 9.90 Å². The number of carbonyl (C=O) groups is 1. The van der Waals surface area contributed by atoms with Crippen molar-refractivity contribution in [1.82, 2.24) is 10.3 Å². The molecule has 0 fully saturated rings. The summed E-state index contributed by atoms with van der Waals surface area (Å²) in [7, 11) is 1.49. The van der Waals surface area contributed by atoms with Crippen molar-refractivity contribution < 1.29 is 14.6 Å². The molecule has 0 spiro atoms. The number of amides is 1. The molecule has 23 heavy (non-hydrogen) atoms. The Morgan fingerprint density at radius 1 is 1.26 bits per heavy atom. The van der Waals surface area contributed by atoms with Crippen molar-refractivity contribution >= 4 is 5.91 Å². The van der Waals surface area contributed by atoms with E-state index in [0.29, 0.717) is 24.4 Å². The smallest absolute Gasteiger partial charge is 0.256 e. The second-order valence-corrected chi connectivity index (χ2v) is 5.46. The summed E-state index contributed by atoms with van der Waals surface area (Å²) >= 11 is 0. The first kappa shape index (κ1) is 17.0. The molecule has 0 aliphatic heterocycles. The molecule has 0 saturated heterocycles. The summed E-state index contributed by atoms with van der Waals surface area (Å²) in [5, 5.41) is 12.6. The molecular weight excluding hydrogens is 292 g/mol. The van der Waals surface area contributed by atoms with E-state index in [4.69, 9.17) is 4.74 Å². The minimum Gasteiger partial charge on any atom is -0.480 e. The van der Waals surface area contributed by atoms with Gasteiger partial charge < -0.3 is 15.2 Å². The SMILES string of the molecule is COc1ncccc1C(=O)NCC(CC(C)O)c1ccccc1. The monoisotopic (exact) mass is 314 g/mol. The van der Waals surface area contributed by atoms with Gasteiger partial charge in [0.15, 0.2) is 0 Å². The number of hydrogen-bond acceptors (Lipinski definition) is 4. The molecule has 1 heterocycles. The third kappa shape index (κ3) is 4.79. The molecular formula is C18H22N2O3. The van der Waals surface area contributed by atoms with Gasteiger partial charge in [0, 0.05) is 18.7 Å². The Labute approximate surface area is 136 Å². The molecule has 0 aliphatic rings. The molecule has 2 aromatic rings. The number of aromatic nitrogens is 1. The zero-order valence-electron chi connectivity index (χ0n) is 13.4. The van der Waals surface area contributed by atoms with Crippen molar-refractivity contribution in [1.29, 1.82) is 0 Å². The Morgan fingerprint density at radius 3 is 2.65 bits per heavy atom. The molecule has 5 heteroatoms. The zero-order chi connectivity index (χ0) is 16.7. The highest BCUT2D eigenvalue weighted by atomic mass is 16.5. The lowest BCUT2D eigenvalue weighted by Crippen LogP contribution is -2.30. The normalized spacial score (nSPS) is 13.2. The molecule has 2 rings (SSSR count). The maximum absolute atomic E-state index is 12.4. The highest BCUT2D eigenvalue weighted by Crippen LogP contribution is 2.21. The van der Waals surface area contributed by atoms with Gasteiger partial charge in [0.05, 0.1) is 13.2 Å². The summed E-state index contributed by atoms with van der Waals surface area (Å²) in [6, 6.07) is 13.2. The fraction of sp³-hybridized carbons (Fsp3) is 0.333. The van der Waals surface area contributed by atoms with E-state index in [2.05, 4.69) is 10.3 Å². The Morgan fingerprint density at radius 2 is 2.00 bits per heavy atom. The predicted octanol–water partition coefficient (Wildman–Crippen LogP) is 2.37. The molecule has 1 amide bonds. The summed E-state index contributed by atoms with van der Waals surface area (Å²) < 4.78 is 5.11. The molecule has 1 aromatic heterocycles. The summed E-state index contributed by atoms with van der Waals surface area (Å²) in [5.41, 5.74) is 1.49. The highest BCUT2D eigenvalue weighted by molar-refractivity contribution is 5.96. The Kier molecular flexibility index (Phi) is 6.11. The molecule has 0 bridgehead atoms. The van der Waals surface area contributed by atoms with Crippen LogP contribution in [0.25, 0.3) is 0 Å². The van der Waals surface area contributed by atoms with Crippen LogP contribution in [-0.4, -0.2) is 35.8 Å². The Hall–Kier alpha value is -2.40. The van der Waals surface area contributed by atoms with E-state index >= 15 is 0 Å². The van der Waals surface area contributed by atoms with Crippen LogP contribution < -0.4 is 10.1 Å². The van der Waals surface area contributed by atoms with Gasteiger partial charge in [-0.2, -0.15) is 0 Å². The number of hydrogen-bond donors (Lipinski definition) is 2. The lowest BCUT2D eigenvalue weighted by atomic mass is 9.93. The summed E-state index contributed by atoms with van der Waals surface area (Å²) in [5.74, 6) is 0.112. The van der Waals surface area contributed by atoms with Crippen LogP contribution in [0, 0.1) is 0 Å². The molecule has 2 atom stereocenters. The van der Waals surface area contributed by atoms with Gasteiger partial charge in [0.2, 0.25) is 5.88 Å². The number of aliphatic hydroxyl groups is 1. The third-order valence-corrected chi connectivity index (χ3v) is 3.61. The van der Waals surface area contributed by atoms with Crippen molar-refractivity contribution in [3.05, 3.63) is 59.8 Å². The van der Waals surface area contributed by atoms with Crippen LogP contribution in [0.4, 0.5) is 0 Å². The van der Waals surface area contributed by atoms with Crippen molar-refractivity contribution in [2.75, 3.05) is 13.7 Å². The van der Waals surface area contributed by atoms with Gasteiger partial charge in [-0.05, 0) is 31.0 Å². The maximum atomic E-state index is 12.4. The van der Waals surface area contributed by atoms with E-state index in [-0.39, 0.29) is 11.8 Å². The van der Waals surface area contributed by atoms with Crippen molar-refractivity contribution in [3.8, 4) is 5.88 Å². The number of carbonyl (C=O) groups excluding carboxylic acids is 1. The van der Waals surface area contributed by atoms with E-state index in [1.54, 1.807) is 25.3 Å². The Bertz CT molecular complexity index is 629. The second-order valence-electron chi connectivity index (χ2n) is 5.46. The van der Waals surface area contributed by atoms with Gasteiger partial charge >= 0.3 is 0 Å². The van der Waals surface area contributed by atoms with E-state index in [1.165, 1.54) is 7.11 Å². The molecule has 5 nitrogen and oxygen atoms in total. The number of nitrogens with zero attached hydrogens (tertiary/aromatic N) is 1. The van der Waals surface area contributed by atoms with Gasteiger partial charge in [0.1, 0.15) is 5.56 Å². The Balaban J connectivity index is 2.07. The topological polar surface area (TPSA) is 71.5 Å². The average Bonchev–Trinajstić information content (AvgIpc) is 2.58. The first-order valence-corrected chi connectivity index (χ1v) is 7.62. The number of nitrogens with one attached hydrogen (secondary N) is 1. The van der Waals surface area contributed by atoms with Crippen LogP contribution >= 0.6 is 0 Å². The van der Waals surface area contributed by atoms with Crippen molar-refractivity contribution in [2.24, 2.45) is 0 Å². The standard InChI is InChI=1S/C18H22N2O3/c1-13(21)11-15(14-7-4-3-5-8-14)12-20-17(22)16-9-6-10-19-18(16)23-2/h3-10,13,15,21H,11-12H2,1-2H3,(H,20,22). The number of rotatable bonds is 7. The quantitative estimate of drug-likeness (QED) is 0.823. The maximum Gasteiger partial charge on any atom is 0.256 e. The van der Waals surface area contributed by atoms with Gasteiger partial charge in [0.25, 0.3) is 5.91 Å². The van der Waals surface area contributed by atoms with Gasteiger partial charge in [-0.1, -0.05) is 30.3 Å². The fourth-order valence-corrected chi connectivity index (χ4v) is 2.51. The van der Waals surface area contributed by atoms with E-state index in [1.807, 2.05) is 30.3 Å². The molecule has 2 unspecified atom stereocenters. The number of pyridine rings is 1. The minimum absolute atomic E-state index is 0.0443. The zero-order valence-corrected chi connectivity index (χ0v) is 13.4. The molecule has 2 N–H and O–H groups in total. The first-order valence-electron chi connectivity index (χ1n) is 7.62. The van der Waals surface area contributed by atoms with Crippen LogP contribution in [0.1, 0.15) is 35.2 Å². The van der Waals surface area contributed by atoms with E-state index < -0.39 is 6.10 Å². The van der Waals surface area contributed by atoms with Crippen LogP contribution in [-0.2, 0) is 0 Å². The fourth-order valence-electron chi connectivity index (χ4n) is 2.51. The minimum atomic E-state index is -0.440. The van der Waals surface area contributed by atoms with Crippen molar-refractivity contribution in [2.45, 2.75) is 25.4 Å². The number of ether oxygens (including phenoxy) is 1. The van der Waals surface area contributed by atoms with Crippen LogP contribution in [0.5, 0.6) is 5.88 Å². The third-order valence-electron chi connectivity index (χ3n) is 3.61. The number of methoxy groups -OCH3 is 1. The summed E-state index contributed by atoms with van der Waals surface area (Å²) in [6.45, 7) is 2.19. The number of benzene rings is 1. The molecule has 122 valence electrons. The lowest BCUT2D eigenvalue weighted by Gasteiger charge is -2.20. The van der Waals surface area contributed by atoms with Gasteiger partial charge in [-0.3, -0.25) is 4.79 Å².